The van der Waals surface area contributed by atoms with E-state index >= 15 is 0 Å². The Morgan fingerprint density at radius 1 is 1.10 bits per heavy atom. The molecule has 196 valence electrons. The van der Waals surface area contributed by atoms with Crippen molar-refractivity contribution in [2.45, 2.75) is 45.1 Å². The van der Waals surface area contributed by atoms with Gasteiger partial charge in [-0.3, -0.25) is 19.0 Å². The number of aromatic nitrogens is 2. The number of fused-ring (bicyclic) bond motifs is 1. The molecule has 2 N–H and O–H groups in total. The number of nitriles is 1. The van der Waals surface area contributed by atoms with Crippen LogP contribution in [0, 0.1) is 18.3 Å². The zero-order valence-corrected chi connectivity index (χ0v) is 23.3. The number of carbonyl (C=O) groups excluding carboxylic acids is 2. The molecular weight excluding hydrogens is 558 g/mol. The smallest absolute Gasteiger partial charge is 0.265 e. The number of amides is 2. The standard InChI is InChI=1S/C30H26BrN5O3/c1-17-7-8-22(35-27(37)18-5-4-6-19(11-18)30(2,3)15-32)14-25(17)36-16-33-26-23(28(38)34-21-9-10-21)12-20(31)13-24(26)29(36)39/h4-8,11-14,16,21H,9-10H2,1-3H3,(H,34,38)(H,35,37). The molecule has 0 radical (unpaired) electrons. The summed E-state index contributed by atoms with van der Waals surface area (Å²) < 4.78 is 2.02. The monoisotopic (exact) mass is 583 g/mol. The van der Waals surface area contributed by atoms with Gasteiger partial charge in [0, 0.05) is 21.8 Å². The van der Waals surface area contributed by atoms with Crippen LogP contribution in [0.2, 0.25) is 0 Å². The summed E-state index contributed by atoms with van der Waals surface area (Å²) in [6.45, 7) is 5.46. The summed E-state index contributed by atoms with van der Waals surface area (Å²) >= 11 is 3.42. The average Bonchev–Trinajstić information content (AvgIpc) is 3.74. The average molecular weight is 584 g/mol. The molecule has 0 bridgehead atoms. The third-order valence-electron chi connectivity index (χ3n) is 6.84. The summed E-state index contributed by atoms with van der Waals surface area (Å²) in [5.74, 6) is -0.587. The minimum absolute atomic E-state index is 0.174. The van der Waals surface area contributed by atoms with Gasteiger partial charge in [0.1, 0.15) is 6.33 Å². The minimum atomic E-state index is -0.731. The van der Waals surface area contributed by atoms with Gasteiger partial charge in [-0.25, -0.2) is 4.98 Å². The van der Waals surface area contributed by atoms with Crippen molar-refractivity contribution in [3.63, 3.8) is 0 Å². The lowest BCUT2D eigenvalue weighted by Crippen LogP contribution is -2.27. The van der Waals surface area contributed by atoms with Gasteiger partial charge in [0.25, 0.3) is 17.4 Å². The minimum Gasteiger partial charge on any atom is -0.349 e. The van der Waals surface area contributed by atoms with Gasteiger partial charge in [0.15, 0.2) is 0 Å². The number of nitrogens with zero attached hydrogens (tertiary/aromatic N) is 3. The Labute approximate surface area is 233 Å². The molecule has 9 heteroatoms. The quantitative estimate of drug-likeness (QED) is 0.315. The summed E-state index contributed by atoms with van der Waals surface area (Å²) in [5.41, 5.74) is 2.62. The lowest BCUT2D eigenvalue weighted by atomic mass is 9.85. The second-order valence-corrected chi connectivity index (χ2v) is 11.2. The van der Waals surface area contributed by atoms with E-state index in [9.17, 15) is 19.6 Å². The number of benzene rings is 3. The van der Waals surface area contributed by atoms with Crippen LogP contribution in [0.25, 0.3) is 16.6 Å². The molecule has 1 aromatic heterocycles. The van der Waals surface area contributed by atoms with E-state index in [0.29, 0.717) is 37.9 Å². The SMILES string of the molecule is Cc1ccc(NC(=O)c2cccc(C(C)(C)C#N)c2)cc1-n1cnc2c(C(=O)NC3CC3)cc(Br)cc2c1=O. The van der Waals surface area contributed by atoms with Crippen molar-refractivity contribution < 1.29 is 9.59 Å². The number of aryl methyl sites for hydroxylation is 1. The van der Waals surface area contributed by atoms with Crippen LogP contribution in [0.5, 0.6) is 0 Å². The predicted octanol–water partition coefficient (Wildman–Crippen LogP) is 5.40. The Balaban J connectivity index is 1.49. The second kappa shape index (κ2) is 10.1. The first kappa shape index (κ1) is 26.3. The molecule has 5 rings (SSSR count). The molecule has 1 aliphatic rings. The molecule has 1 aliphatic carbocycles. The number of carbonyl (C=O) groups is 2. The van der Waals surface area contributed by atoms with Gasteiger partial charge in [-0.2, -0.15) is 5.26 Å². The van der Waals surface area contributed by atoms with Crippen molar-refractivity contribution in [1.82, 2.24) is 14.9 Å². The first-order valence-corrected chi connectivity index (χ1v) is 13.3. The van der Waals surface area contributed by atoms with E-state index in [1.54, 1.807) is 56.3 Å². The van der Waals surface area contributed by atoms with Gasteiger partial charge < -0.3 is 10.6 Å². The molecule has 0 atom stereocenters. The molecule has 0 spiro atoms. The highest BCUT2D eigenvalue weighted by molar-refractivity contribution is 9.10. The molecule has 1 saturated carbocycles. The lowest BCUT2D eigenvalue weighted by molar-refractivity contribution is 0.0951. The van der Waals surface area contributed by atoms with E-state index in [4.69, 9.17) is 0 Å². The van der Waals surface area contributed by atoms with E-state index in [0.717, 1.165) is 24.0 Å². The van der Waals surface area contributed by atoms with Crippen molar-refractivity contribution in [2.75, 3.05) is 5.32 Å². The Kier molecular flexibility index (Phi) is 6.83. The zero-order chi connectivity index (χ0) is 27.9. The van der Waals surface area contributed by atoms with Crippen molar-refractivity contribution in [1.29, 1.82) is 5.26 Å². The fourth-order valence-electron chi connectivity index (χ4n) is 4.30. The number of hydrogen-bond donors (Lipinski definition) is 2. The van der Waals surface area contributed by atoms with Crippen LogP contribution in [-0.4, -0.2) is 27.4 Å². The molecule has 2 amide bonds. The normalized spacial score (nSPS) is 13.1. The van der Waals surface area contributed by atoms with Crippen LogP contribution < -0.4 is 16.2 Å². The van der Waals surface area contributed by atoms with Crippen molar-refractivity contribution in [2.24, 2.45) is 0 Å². The zero-order valence-electron chi connectivity index (χ0n) is 21.7. The number of halogens is 1. The maximum Gasteiger partial charge on any atom is 0.265 e. The van der Waals surface area contributed by atoms with E-state index in [2.05, 4.69) is 37.6 Å². The number of nitrogens with one attached hydrogen (secondary N) is 2. The predicted molar refractivity (Wildman–Crippen MR) is 153 cm³/mol. The molecule has 4 aromatic rings. The molecule has 0 unspecified atom stereocenters. The van der Waals surface area contributed by atoms with Gasteiger partial charge >= 0.3 is 0 Å². The largest absolute Gasteiger partial charge is 0.349 e. The van der Waals surface area contributed by atoms with Gasteiger partial charge in [0.05, 0.1) is 33.6 Å². The lowest BCUT2D eigenvalue weighted by Gasteiger charge is -2.17. The van der Waals surface area contributed by atoms with Crippen LogP contribution in [0.3, 0.4) is 0 Å². The fourth-order valence-corrected chi connectivity index (χ4v) is 4.76. The first-order chi connectivity index (χ1) is 18.6. The molecule has 39 heavy (non-hydrogen) atoms. The van der Waals surface area contributed by atoms with Crippen LogP contribution >= 0.6 is 15.9 Å². The first-order valence-electron chi connectivity index (χ1n) is 12.5. The highest BCUT2D eigenvalue weighted by Gasteiger charge is 2.26. The Morgan fingerprint density at radius 3 is 2.59 bits per heavy atom. The topological polar surface area (TPSA) is 117 Å². The van der Waals surface area contributed by atoms with Crippen molar-refractivity contribution in [3.8, 4) is 11.8 Å². The Morgan fingerprint density at radius 2 is 1.87 bits per heavy atom. The number of hydrogen-bond acceptors (Lipinski definition) is 5. The third-order valence-corrected chi connectivity index (χ3v) is 7.29. The molecule has 0 saturated heterocycles. The maximum atomic E-state index is 13.6. The summed E-state index contributed by atoms with van der Waals surface area (Å²) in [6, 6.07) is 18.0. The van der Waals surface area contributed by atoms with E-state index in [-0.39, 0.29) is 23.4 Å². The van der Waals surface area contributed by atoms with Gasteiger partial charge in [-0.05, 0) is 81.1 Å². The Bertz CT molecular complexity index is 1750. The number of anilines is 1. The fraction of sp³-hybridized carbons (Fsp3) is 0.233. The highest BCUT2D eigenvalue weighted by Crippen LogP contribution is 2.26. The van der Waals surface area contributed by atoms with Crippen LogP contribution in [0.4, 0.5) is 5.69 Å². The van der Waals surface area contributed by atoms with Crippen LogP contribution in [-0.2, 0) is 5.41 Å². The summed E-state index contributed by atoms with van der Waals surface area (Å²) in [4.78, 5) is 44.0. The van der Waals surface area contributed by atoms with Crippen LogP contribution in [0.1, 0.15) is 58.5 Å². The molecule has 1 heterocycles. The molecular formula is C30H26BrN5O3. The third kappa shape index (κ3) is 5.33. The van der Waals surface area contributed by atoms with Crippen molar-refractivity contribution >= 4 is 44.3 Å². The summed E-state index contributed by atoms with van der Waals surface area (Å²) in [5, 5.41) is 15.6. The van der Waals surface area contributed by atoms with Crippen molar-refractivity contribution in [3.05, 3.63) is 98.0 Å². The highest BCUT2D eigenvalue weighted by atomic mass is 79.9. The van der Waals surface area contributed by atoms with Gasteiger partial charge in [-0.15, -0.1) is 0 Å². The maximum absolute atomic E-state index is 13.6. The van der Waals surface area contributed by atoms with E-state index < -0.39 is 5.41 Å². The van der Waals surface area contributed by atoms with E-state index in [1.165, 1.54) is 10.9 Å². The summed E-state index contributed by atoms with van der Waals surface area (Å²) in [7, 11) is 0. The molecule has 1 fully saturated rings. The number of rotatable bonds is 6. The van der Waals surface area contributed by atoms with E-state index in [1.807, 2.05) is 19.1 Å². The van der Waals surface area contributed by atoms with Crippen LogP contribution in [0.15, 0.2) is 70.2 Å². The second-order valence-electron chi connectivity index (χ2n) is 10.3. The van der Waals surface area contributed by atoms with Gasteiger partial charge in [0.2, 0.25) is 0 Å². The van der Waals surface area contributed by atoms with Gasteiger partial charge in [-0.1, -0.05) is 34.1 Å². The molecule has 0 aliphatic heterocycles. The summed E-state index contributed by atoms with van der Waals surface area (Å²) in [6.07, 6.45) is 3.31. The molecule has 8 nitrogen and oxygen atoms in total. The molecule has 3 aromatic carbocycles. The Hall–Kier alpha value is -4.29.